The molecule has 3 N–H and O–H groups in total. The molecule has 0 saturated carbocycles. The molecular weight excluding hydrogens is 296 g/mol. The van der Waals surface area contributed by atoms with E-state index >= 15 is 0 Å². The Bertz CT molecular complexity index is 766. The Labute approximate surface area is 133 Å². The Kier molecular flexibility index (Phi) is 3.92. The highest BCUT2D eigenvalue weighted by Crippen LogP contribution is 2.30. The summed E-state index contributed by atoms with van der Waals surface area (Å²) in [6.45, 7) is 0. The normalized spacial score (nSPS) is 19.9. The number of nitrogens with zero attached hydrogens (tertiary/aromatic N) is 1. The Hall–Kier alpha value is -2.60. The van der Waals surface area contributed by atoms with Gasteiger partial charge in [0, 0.05) is 7.05 Å². The lowest BCUT2D eigenvalue weighted by Gasteiger charge is -2.31. The number of carbonyl (C=O) groups excluding carboxylic acids is 1. The van der Waals surface area contributed by atoms with Crippen LogP contribution in [0.5, 0.6) is 0 Å². The van der Waals surface area contributed by atoms with Crippen molar-refractivity contribution in [3.63, 3.8) is 0 Å². The number of nitrogens with one attached hydrogen (secondary N) is 1. The van der Waals surface area contributed by atoms with Crippen LogP contribution in [0.15, 0.2) is 36.4 Å². The second-order valence-electron chi connectivity index (χ2n) is 5.72. The molecule has 2 aromatic rings. The topological polar surface area (TPSA) is 91.6 Å². The van der Waals surface area contributed by atoms with Gasteiger partial charge in [-0.2, -0.15) is 0 Å². The number of aryl methyl sites for hydroxylation is 1. The summed E-state index contributed by atoms with van der Waals surface area (Å²) >= 11 is 0. The average Bonchev–Trinajstić information content (AvgIpc) is 2.92. The first kappa shape index (κ1) is 15.3. The lowest BCUT2D eigenvalue weighted by molar-refractivity contribution is 0.0685. The van der Waals surface area contributed by atoms with Crippen molar-refractivity contribution in [2.45, 2.75) is 25.0 Å². The van der Waals surface area contributed by atoms with E-state index in [4.69, 9.17) is 5.11 Å². The molecule has 6 heteroatoms. The van der Waals surface area contributed by atoms with Crippen LogP contribution >= 0.6 is 0 Å². The van der Waals surface area contributed by atoms with Crippen molar-refractivity contribution in [1.29, 1.82) is 0 Å². The number of benzene rings is 1. The molecule has 1 aliphatic rings. The standard InChI is InChI=1S/C17H18N2O4/c1-19-12(7-8-13(19)17(22)23)16(21)18-15-11-5-3-2-4-10(11)6-9-14(15)20/h2-5,7-8,14-15,20H,6,9H2,1H3,(H,18,21)(H,22,23)/t14-,15+/m1/s1. The Morgan fingerprint density at radius 3 is 2.57 bits per heavy atom. The second-order valence-corrected chi connectivity index (χ2v) is 5.72. The van der Waals surface area contributed by atoms with Gasteiger partial charge in [0.05, 0.1) is 12.1 Å². The molecule has 1 aromatic carbocycles. The first-order chi connectivity index (χ1) is 11.0. The van der Waals surface area contributed by atoms with Crippen LogP contribution in [0.4, 0.5) is 0 Å². The van der Waals surface area contributed by atoms with Crippen LogP contribution in [-0.2, 0) is 13.5 Å². The predicted molar refractivity (Wildman–Crippen MR) is 83.3 cm³/mol. The van der Waals surface area contributed by atoms with Gasteiger partial charge in [0.2, 0.25) is 0 Å². The fourth-order valence-electron chi connectivity index (χ4n) is 3.09. The minimum absolute atomic E-state index is 0.0414. The molecule has 1 amide bonds. The first-order valence-electron chi connectivity index (χ1n) is 7.45. The maximum absolute atomic E-state index is 12.5. The molecule has 0 radical (unpaired) electrons. The van der Waals surface area contributed by atoms with Gasteiger partial charge in [-0.05, 0) is 36.1 Å². The number of fused-ring (bicyclic) bond motifs is 1. The minimum atomic E-state index is -1.09. The molecule has 6 nitrogen and oxygen atoms in total. The Morgan fingerprint density at radius 2 is 1.87 bits per heavy atom. The largest absolute Gasteiger partial charge is 0.477 e. The molecule has 3 rings (SSSR count). The predicted octanol–water partition coefficient (Wildman–Crippen LogP) is 1.50. The van der Waals surface area contributed by atoms with Crippen LogP contribution in [0.3, 0.4) is 0 Å². The number of carboxylic acid groups (broad SMARTS) is 1. The summed E-state index contributed by atoms with van der Waals surface area (Å²) in [4.78, 5) is 23.6. The second kappa shape index (κ2) is 5.89. The van der Waals surface area contributed by atoms with Crippen molar-refractivity contribution in [3.05, 3.63) is 58.9 Å². The quantitative estimate of drug-likeness (QED) is 0.800. The molecular formula is C17H18N2O4. The molecule has 0 bridgehead atoms. The van der Waals surface area contributed by atoms with E-state index in [0.29, 0.717) is 6.42 Å². The SMILES string of the molecule is Cn1c(C(=O)O)ccc1C(=O)N[C@H]1c2ccccc2CC[C@H]1O. The van der Waals surface area contributed by atoms with E-state index in [9.17, 15) is 14.7 Å². The number of aliphatic hydroxyl groups is 1. The summed E-state index contributed by atoms with van der Waals surface area (Å²) in [5, 5.41) is 22.2. The number of aromatic nitrogens is 1. The van der Waals surface area contributed by atoms with Gasteiger partial charge in [-0.15, -0.1) is 0 Å². The zero-order chi connectivity index (χ0) is 16.6. The van der Waals surface area contributed by atoms with Crippen LogP contribution in [0.2, 0.25) is 0 Å². The number of rotatable bonds is 3. The molecule has 120 valence electrons. The Morgan fingerprint density at radius 1 is 1.17 bits per heavy atom. The van der Waals surface area contributed by atoms with Gasteiger partial charge in [-0.1, -0.05) is 24.3 Å². The summed E-state index contributed by atoms with van der Waals surface area (Å²) < 4.78 is 1.33. The molecule has 0 unspecified atom stereocenters. The summed E-state index contributed by atoms with van der Waals surface area (Å²) in [5.41, 5.74) is 2.31. The van der Waals surface area contributed by atoms with E-state index in [2.05, 4.69) is 5.32 Å². The van der Waals surface area contributed by atoms with E-state index in [0.717, 1.165) is 17.5 Å². The maximum Gasteiger partial charge on any atom is 0.352 e. The van der Waals surface area contributed by atoms with Gasteiger partial charge >= 0.3 is 5.97 Å². The summed E-state index contributed by atoms with van der Waals surface area (Å²) in [6.07, 6.45) is 0.694. The van der Waals surface area contributed by atoms with Crippen molar-refractivity contribution in [1.82, 2.24) is 9.88 Å². The zero-order valence-electron chi connectivity index (χ0n) is 12.7. The summed E-state index contributed by atoms with van der Waals surface area (Å²) in [5.74, 6) is -1.49. The summed E-state index contributed by atoms with van der Waals surface area (Å²) in [7, 11) is 1.53. The summed E-state index contributed by atoms with van der Waals surface area (Å²) in [6, 6.07) is 10.1. The molecule has 2 atom stereocenters. The molecule has 0 saturated heterocycles. The molecule has 23 heavy (non-hydrogen) atoms. The molecule has 0 spiro atoms. The van der Waals surface area contributed by atoms with E-state index in [1.165, 1.54) is 23.7 Å². The van der Waals surface area contributed by atoms with E-state index in [1.54, 1.807) is 0 Å². The number of carbonyl (C=O) groups is 2. The molecule has 1 heterocycles. The van der Waals surface area contributed by atoms with Crippen molar-refractivity contribution in [3.8, 4) is 0 Å². The highest BCUT2D eigenvalue weighted by molar-refractivity contribution is 5.96. The third-order valence-electron chi connectivity index (χ3n) is 4.34. The first-order valence-corrected chi connectivity index (χ1v) is 7.45. The van der Waals surface area contributed by atoms with Crippen LogP contribution in [-0.4, -0.2) is 32.8 Å². The van der Waals surface area contributed by atoms with E-state index in [-0.39, 0.29) is 11.4 Å². The van der Waals surface area contributed by atoms with Crippen molar-refractivity contribution < 1.29 is 19.8 Å². The smallest absolute Gasteiger partial charge is 0.352 e. The third kappa shape index (κ3) is 2.73. The fourth-order valence-corrected chi connectivity index (χ4v) is 3.09. The fraction of sp³-hybridized carbons (Fsp3) is 0.294. The van der Waals surface area contributed by atoms with Crippen LogP contribution in [0, 0.1) is 0 Å². The minimum Gasteiger partial charge on any atom is -0.477 e. The zero-order valence-corrected chi connectivity index (χ0v) is 12.7. The van der Waals surface area contributed by atoms with Gasteiger partial charge in [-0.3, -0.25) is 4.79 Å². The van der Waals surface area contributed by atoms with Crippen LogP contribution < -0.4 is 5.32 Å². The van der Waals surface area contributed by atoms with E-state index in [1.807, 2.05) is 24.3 Å². The molecule has 0 fully saturated rings. The van der Waals surface area contributed by atoms with Gasteiger partial charge in [-0.25, -0.2) is 4.79 Å². The Balaban J connectivity index is 1.87. The number of hydrogen-bond donors (Lipinski definition) is 3. The van der Waals surface area contributed by atoms with Crippen LogP contribution in [0.25, 0.3) is 0 Å². The highest BCUT2D eigenvalue weighted by atomic mass is 16.4. The van der Waals surface area contributed by atoms with Gasteiger partial charge < -0.3 is 20.1 Å². The number of aromatic carboxylic acids is 1. The van der Waals surface area contributed by atoms with E-state index < -0.39 is 24.0 Å². The third-order valence-corrected chi connectivity index (χ3v) is 4.34. The highest BCUT2D eigenvalue weighted by Gasteiger charge is 2.30. The van der Waals surface area contributed by atoms with Crippen LogP contribution in [0.1, 0.15) is 44.6 Å². The van der Waals surface area contributed by atoms with Crippen molar-refractivity contribution in [2.75, 3.05) is 0 Å². The van der Waals surface area contributed by atoms with Crippen molar-refractivity contribution >= 4 is 11.9 Å². The number of aliphatic hydroxyl groups excluding tert-OH is 1. The maximum atomic E-state index is 12.5. The molecule has 1 aliphatic carbocycles. The lowest BCUT2D eigenvalue weighted by atomic mass is 9.85. The number of amides is 1. The lowest BCUT2D eigenvalue weighted by Crippen LogP contribution is -2.40. The van der Waals surface area contributed by atoms with Gasteiger partial charge in [0.15, 0.2) is 0 Å². The van der Waals surface area contributed by atoms with Gasteiger partial charge in [0.25, 0.3) is 5.91 Å². The molecule has 1 aromatic heterocycles. The monoisotopic (exact) mass is 314 g/mol. The molecule has 0 aliphatic heterocycles. The number of hydrogen-bond acceptors (Lipinski definition) is 3. The number of carboxylic acids is 1. The average molecular weight is 314 g/mol. The van der Waals surface area contributed by atoms with Crippen molar-refractivity contribution in [2.24, 2.45) is 7.05 Å². The van der Waals surface area contributed by atoms with Gasteiger partial charge in [0.1, 0.15) is 11.4 Å².